The number of nitrogens with zero attached hydrogens (tertiary/aromatic N) is 1. The molecule has 1 atom stereocenters. The Morgan fingerprint density at radius 1 is 1.32 bits per heavy atom. The Hall–Kier alpha value is -2.74. The number of aromatic amines is 1. The van der Waals surface area contributed by atoms with Gasteiger partial charge in [-0.1, -0.05) is 23.7 Å². The van der Waals surface area contributed by atoms with E-state index in [9.17, 15) is 18.0 Å². The highest BCUT2D eigenvalue weighted by molar-refractivity contribution is 6.35. The predicted octanol–water partition coefficient (Wildman–Crippen LogP) is 4.58. The minimum Gasteiger partial charge on any atom is -0.483 e. The first-order chi connectivity index (χ1) is 13.2. The van der Waals surface area contributed by atoms with Crippen LogP contribution in [0.1, 0.15) is 24.2 Å². The van der Waals surface area contributed by atoms with Crippen molar-refractivity contribution in [2.24, 2.45) is 0 Å². The summed E-state index contributed by atoms with van der Waals surface area (Å²) in [5, 5.41) is 4.32. The standard InChI is InChI=1S/C19H17ClF3N3O2/c1-11(16-5-3-13(8-24-16)28-10-19(21,22)23)26-18(27)7-12-2-4-14-15(20)9-25-17(14)6-12/h2-6,8-9,11,25H,7,10H2,1H3,(H,26,27)/t11-/m1/s1. The summed E-state index contributed by atoms with van der Waals surface area (Å²) in [5.74, 6) is -0.193. The van der Waals surface area contributed by atoms with Crippen molar-refractivity contribution >= 4 is 28.4 Å². The van der Waals surface area contributed by atoms with Crippen molar-refractivity contribution in [3.05, 3.63) is 59.0 Å². The van der Waals surface area contributed by atoms with E-state index in [0.717, 1.165) is 16.5 Å². The number of ether oxygens (including phenoxy) is 1. The molecule has 1 aromatic carbocycles. The number of amides is 1. The van der Waals surface area contributed by atoms with Crippen molar-refractivity contribution in [2.75, 3.05) is 6.61 Å². The van der Waals surface area contributed by atoms with Crippen LogP contribution in [0.2, 0.25) is 5.02 Å². The molecule has 148 valence electrons. The number of fused-ring (bicyclic) bond motifs is 1. The summed E-state index contributed by atoms with van der Waals surface area (Å²) in [5.41, 5.74) is 2.18. The van der Waals surface area contributed by atoms with Crippen LogP contribution >= 0.6 is 11.6 Å². The molecule has 0 bridgehead atoms. The molecule has 0 aliphatic rings. The molecular weight excluding hydrogens is 395 g/mol. The molecule has 9 heteroatoms. The molecule has 3 aromatic rings. The summed E-state index contributed by atoms with van der Waals surface area (Å²) in [7, 11) is 0. The van der Waals surface area contributed by atoms with Gasteiger partial charge in [0.15, 0.2) is 6.61 Å². The van der Waals surface area contributed by atoms with Crippen LogP contribution in [-0.4, -0.2) is 28.7 Å². The van der Waals surface area contributed by atoms with Crippen LogP contribution in [0.15, 0.2) is 42.7 Å². The van der Waals surface area contributed by atoms with Gasteiger partial charge < -0.3 is 15.0 Å². The summed E-state index contributed by atoms with van der Waals surface area (Å²) >= 11 is 6.04. The van der Waals surface area contributed by atoms with Gasteiger partial charge in [-0.25, -0.2) is 0 Å². The van der Waals surface area contributed by atoms with Gasteiger partial charge in [0.25, 0.3) is 0 Å². The molecular formula is C19H17ClF3N3O2. The molecule has 2 heterocycles. The van der Waals surface area contributed by atoms with E-state index >= 15 is 0 Å². The van der Waals surface area contributed by atoms with Gasteiger partial charge in [0.1, 0.15) is 5.75 Å². The van der Waals surface area contributed by atoms with E-state index in [1.165, 1.54) is 18.3 Å². The Kier molecular flexibility index (Phi) is 5.79. The van der Waals surface area contributed by atoms with E-state index in [0.29, 0.717) is 10.7 Å². The number of benzene rings is 1. The molecule has 1 amide bonds. The zero-order valence-corrected chi connectivity index (χ0v) is 15.6. The Morgan fingerprint density at radius 2 is 2.11 bits per heavy atom. The normalized spacial score (nSPS) is 12.8. The fraction of sp³-hybridized carbons (Fsp3) is 0.263. The first kappa shape index (κ1) is 20.0. The highest BCUT2D eigenvalue weighted by atomic mass is 35.5. The Morgan fingerprint density at radius 3 is 2.79 bits per heavy atom. The lowest BCUT2D eigenvalue weighted by Crippen LogP contribution is -2.28. The van der Waals surface area contributed by atoms with Crippen molar-refractivity contribution in [1.82, 2.24) is 15.3 Å². The number of aromatic nitrogens is 2. The third-order valence-electron chi connectivity index (χ3n) is 4.04. The number of H-pyrrole nitrogens is 1. The molecule has 0 aliphatic heterocycles. The lowest BCUT2D eigenvalue weighted by Gasteiger charge is -2.14. The molecule has 0 radical (unpaired) electrons. The summed E-state index contributed by atoms with van der Waals surface area (Å²) < 4.78 is 41.1. The van der Waals surface area contributed by atoms with Crippen LogP contribution in [0.3, 0.4) is 0 Å². The summed E-state index contributed by atoms with van der Waals surface area (Å²) in [6, 6.07) is 8.03. The summed E-state index contributed by atoms with van der Waals surface area (Å²) in [6.07, 6.45) is -1.35. The van der Waals surface area contributed by atoms with Crippen LogP contribution in [0, 0.1) is 0 Å². The fourth-order valence-electron chi connectivity index (χ4n) is 2.70. The number of carbonyl (C=O) groups excluding carboxylic acids is 1. The van der Waals surface area contributed by atoms with Crippen molar-refractivity contribution in [2.45, 2.75) is 25.6 Å². The van der Waals surface area contributed by atoms with E-state index in [-0.39, 0.29) is 18.1 Å². The van der Waals surface area contributed by atoms with Crippen molar-refractivity contribution < 1.29 is 22.7 Å². The second-order valence-electron chi connectivity index (χ2n) is 6.31. The maximum Gasteiger partial charge on any atom is 0.422 e. The number of hydrogen-bond acceptors (Lipinski definition) is 3. The first-order valence-corrected chi connectivity index (χ1v) is 8.79. The summed E-state index contributed by atoms with van der Waals surface area (Å²) in [4.78, 5) is 19.4. The maximum atomic E-state index is 12.3. The summed E-state index contributed by atoms with van der Waals surface area (Å²) in [6.45, 7) is 0.362. The number of carbonyl (C=O) groups is 1. The molecule has 5 nitrogen and oxygen atoms in total. The van der Waals surface area contributed by atoms with Crippen LogP contribution in [0.25, 0.3) is 10.9 Å². The van der Waals surface area contributed by atoms with Gasteiger partial charge in [-0.3, -0.25) is 9.78 Å². The van der Waals surface area contributed by atoms with Gasteiger partial charge in [-0.05, 0) is 30.7 Å². The van der Waals surface area contributed by atoms with Crippen molar-refractivity contribution in [1.29, 1.82) is 0 Å². The fourth-order valence-corrected chi connectivity index (χ4v) is 2.92. The second-order valence-corrected chi connectivity index (χ2v) is 6.71. The van der Waals surface area contributed by atoms with Crippen LogP contribution in [0.4, 0.5) is 13.2 Å². The number of hydrogen-bond donors (Lipinski definition) is 2. The van der Waals surface area contributed by atoms with Gasteiger partial charge in [0.2, 0.25) is 5.91 Å². The van der Waals surface area contributed by atoms with Gasteiger partial charge in [0, 0.05) is 17.1 Å². The molecule has 0 aliphatic carbocycles. The van der Waals surface area contributed by atoms with E-state index < -0.39 is 18.8 Å². The lowest BCUT2D eigenvalue weighted by molar-refractivity contribution is -0.153. The third kappa shape index (κ3) is 5.16. The molecule has 28 heavy (non-hydrogen) atoms. The molecule has 0 spiro atoms. The number of halogens is 4. The third-order valence-corrected chi connectivity index (χ3v) is 4.36. The minimum absolute atomic E-state index is 0.0116. The SMILES string of the molecule is C[C@@H](NC(=O)Cc1ccc2c(Cl)c[nH]c2c1)c1ccc(OCC(F)(F)F)cn1. The number of pyridine rings is 1. The highest BCUT2D eigenvalue weighted by Crippen LogP contribution is 2.24. The number of alkyl halides is 3. The molecule has 0 saturated carbocycles. The highest BCUT2D eigenvalue weighted by Gasteiger charge is 2.28. The maximum absolute atomic E-state index is 12.3. The number of nitrogens with one attached hydrogen (secondary N) is 2. The molecule has 3 rings (SSSR count). The first-order valence-electron chi connectivity index (χ1n) is 8.41. The lowest BCUT2D eigenvalue weighted by atomic mass is 10.1. The predicted molar refractivity (Wildman–Crippen MR) is 99.4 cm³/mol. The largest absolute Gasteiger partial charge is 0.483 e. The van der Waals surface area contributed by atoms with E-state index in [1.54, 1.807) is 13.1 Å². The monoisotopic (exact) mass is 411 g/mol. The topological polar surface area (TPSA) is 67.0 Å². The van der Waals surface area contributed by atoms with E-state index in [1.807, 2.05) is 18.2 Å². The Balaban J connectivity index is 1.57. The van der Waals surface area contributed by atoms with Crippen LogP contribution in [0.5, 0.6) is 5.75 Å². The number of rotatable bonds is 6. The molecule has 2 aromatic heterocycles. The van der Waals surface area contributed by atoms with Crippen LogP contribution in [-0.2, 0) is 11.2 Å². The average Bonchev–Trinajstić information content (AvgIpc) is 3.00. The average molecular weight is 412 g/mol. The Bertz CT molecular complexity index is 971. The van der Waals surface area contributed by atoms with Gasteiger partial charge >= 0.3 is 6.18 Å². The van der Waals surface area contributed by atoms with Crippen molar-refractivity contribution in [3.8, 4) is 5.75 Å². The van der Waals surface area contributed by atoms with E-state index in [4.69, 9.17) is 11.6 Å². The molecule has 2 N–H and O–H groups in total. The minimum atomic E-state index is -4.41. The second kappa shape index (κ2) is 8.10. The molecule has 0 fully saturated rings. The Labute approximate surface area is 163 Å². The van der Waals surface area contributed by atoms with Gasteiger partial charge in [-0.2, -0.15) is 13.2 Å². The van der Waals surface area contributed by atoms with Crippen LogP contribution < -0.4 is 10.1 Å². The van der Waals surface area contributed by atoms with Gasteiger partial charge in [0.05, 0.1) is 29.4 Å². The smallest absolute Gasteiger partial charge is 0.422 e. The van der Waals surface area contributed by atoms with Gasteiger partial charge in [-0.15, -0.1) is 0 Å². The van der Waals surface area contributed by atoms with Crippen molar-refractivity contribution in [3.63, 3.8) is 0 Å². The molecule has 0 saturated heterocycles. The zero-order chi connectivity index (χ0) is 20.3. The quantitative estimate of drug-likeness (QED) is 0.624. The van der Waals surface area contributed by atoms with E-state index in [2.05, 4.69) is 20.0 Å². The molecule has 0 unspecified atom stereocenters. The zero-order valence-electron chi connectivity index (χ0n) is 14.8.